The van der Waals surface area contributed by atoms with Crippen LogP contribution in [0.5, 0.6) is 0 Å². The van der Waals surface area contributed by atoms with Crippen LogP contribution in [0, 0.1) is 0 Å². The van der Waals surface area contributed by atoms with Crippen LogP contribution in [0.1, 0.15) is 0 Å². The van der Waals surface area contributed by atoms with Crippen LogP contribution in [0.15, 0.2) is 0 Å². The van der Waals surface area contributed by atoms with Crippen LogP contribution >= 0.6 is 0 Å². The van der Waals surface area contributed by atoms with E-state index in [-0.39, 0.29) is 36.9 Å². The summed E-state index contributed by atoms with van der Waals surface area (Å²) in [6.45, 7) is 2.89. The summed E-state index contributed by atoms with van der Waals surface area (Å²) in [7, 11) is -3.07. The van der Waals surface area contributed by atoms with E-state index in [4.69, 9.17) is 18.9 Å². The summed E-state index contributed by atoms with van der Waals surface area (Å²) in [4.78, 5) is 0. The molecule has 0 aromatic carbocycles. The van der Waals surface area contributed by atoms with Crippen molar-refractivity contribution in [3.63, 3.8) is 0 Å². The maximum atomic E-state index is 11.5. The lowest BCUT2D eigenvalue weighted by atomic mass is 10.5. The molecule has 2 atom stereocenters. The standard InChI is InChI=1S/C10H18O6S/c11-17(12,3-1-13-5-9-7-15-9)4-2-14-6-10-8-16-10/h9-10H,1-8H2. The molecule has 2 fully saturated rings. The Morgan fingerprint density at radius 3 is 1.71 bits per heavy atom. The maximum absolute atomic E-state index is 11.5. The molecule has 0 aromatic rings. The summed E-state index contributed by atoms with van der Waals surface area (Å²) in [6, 6.07) is 0. The van der Waals surface area contributed by atoms with Crippen molar-refractivity contribution in [2.24, 2.45) is 0 Å². The SMILES string of the molecule is O=S(=O)(CCOCC1CO1)CCOCC1CO1. The van der Waals surface area contributed by atoms with Gasteiger partial charge in [-0.05, 0) is 0 Å². The van der Waals surface area contributed by atoms with Crippen LogP contribution in [0.2, 0.25) is 0 Å². The zero-order valence-corrected chi connectivity index (χ0v) is 10.5. The lowest BCUT2D eigenvalue weighted by Crippen LogP contribution is -2.20. The van der Waals surface area contributed by atoms with Crippen molar-refractivity contribution < 1.29 is 27.4 Å². The number of sulfone groups is 1. The number of hydrogen-bond donors (Lipinski definition) is 0. The Morgan fingerprint density at radius 1 is 0.941 bits per heavy atom. The highest BCUT2D eigenvalue weighted by Gasteiger charge is 2.23. The molecule has 2 saturated heterocycles. The van der Waals surface area contributed by atoms with Crippen molar-refractivity contribution in [2.45, 2.75) is 12.2 Å². The van der Waals surface area contributed by atoms with Gasteiger partial charge in [0.05, 0.1) is 51.1 Å². The number of rotatable bonds is 10. The average Bonchev–Trinajstić information content (AvgIpc) is 3.13. The quantitative estimate of drug-likeness (QED) is 0.382. The third-order valence-electron chi connectivity index (χ3n) is 2.49. The van der Waals surface area contributed by atoms with Gasteiger partial charge in [0.1, 0.15) is 12.2 Å². The molecule has 0 saturated carbocycles. The van der Waals surface area contributed by atoms with Crippen molar-refractivity contribution in [3.8, 4) is 0 Å². The van der Waals surface area contributed by atoms with Gasteiger partial charge in [0.15, 0.2) is 9.84 Å². The van der Waals surface area contributed by atoms with E-state index in [1.54, 1.807) is 0 Å². The number of ether oxygens (including phenoxy) is 4. The van der Waals surface area contributed by atoms with E-state index in [1.807, 2.05) is 0 Å². The minimum Gasteiger partial charge on any atom is -0.378 e. The highest BCUT2D eigenvalue weighted by atomic mass is 32.2. The molecular weight excluding hydrogens is 248 g/mol. The van der Waals surface area contributed by atoms with Gasteiger partial charge in [-0.2, -0.15) is 0 Å². The van der Waals surface area contributed by atoms with Crippen LogP contribution < -0.4 is 0 Å². The molecule has 2 unspecified atom stereocenters. The molecule has 7 heteroatoms. The van der Waals surface area contributed by atoms with Gasteiger partial charge in [0, 0.05) is 0 Å². The monoisotopic (exact) mass is 266 g/mol. The molecule has 2 heterocycles. The van der Waals surface area contributed by atoms with Crippen LogP contribution in [-0.2, 0) is 28.8 Å². The molecule has 0 aliphatic carbocycles. The summed E-state index contributed by atoms with van der Waals surface area (Å²) >= 11 is 0. The molecule has 0 aromatic heterocycles. The van der Waals surface area contributed by atoms with Crippen LogP contribution in [-0.4, -0.2) is 71.8 Å². The van der Waals surface area contributed by atoms with Gasteiger partial charge in [-0.3, -0.25) is 0 Å². The van der Waals surface area contributed by atoms with Crippen molar-refractivity contribution >= 4 is 9.84 Å². The van der Waals surface area contributed by atoms with E-state index >= 15 is 0 Å². The first kappa shape index (κ1) is 13.2. The third kappa shape index (κ3) is 6.32. The summed E-state index contributed by atoms with van der Waals surface area (Å²) in [5, 5.41) is 0. The Balaban J connectivity index is 1.46. The summed E-state index contributed by atoms with van der Waals surface area (Å²) in [5.41, 5.74) is 0. The molecule has 2 rings (SSSR count). The second kappa shape index (κ2) is 6.10. The zero-order valence-electron chi connectivity index (χ0n) is 9.67. The topological polar surface area (TPSA) is 77.7 Å². The third-order valence-corrected chi connectivity index (χ3v) is 4.07. The van der Waals surface area contributed by atoms with Crippen molar-refractivity contribution in [2.75, 3.05) is 51.1 Å². The van der Waals surface area contributed by atoms with E-state index in [2.05, 4.69) is 0 Å². The molecule has 0 N–H and O–H groups in total. The van der Waals surface area contributed by atoms with Gasteiger partial charge in [0.2, 0.25) is 0 Å². The Bertz CT molecular complexity index is 294. The van der Waals surface area contributed by atoms with E-state index in [0.717, 1.165) is 13.2 Å². The molecule has 2 aliphatic heterocycles. The predicted molar refractivity (Wildman–Crippen MR) is 59.8 cm³/mol. The van der Waals surface area contributed by atoms with Crippen molar-refractivity contribution in [1.29, 1.82) is 0 Å². The molecule has 17 heavy (non-hydrogen) atoms. The average molecular weight is 266 g/mol. The first-order valence-electron chi connectivity index (χ1n) is 5.75. The van der Waals surface area contributed by atoms with Gasteiger partial charge in [0.25, 0.3) is 0 Å². The Morgan fingerprint density at radius 2 is 1.35 bits per heavy atom. The molecule has 0 spiro atoms. The molecule has 0 bridgehead atoms. The molecular formula is C10H18O6S. The Labute approximate surface area is 101 Å². The summed E-state index contributed by atoms with van der Waals surface area (Å²) in [6.07, 6.45) is 0.360. The summed E-state index contributed by atoms with van der Waals surface area (Å²) < 4.78 is 43.3. The molecule has 0 amide bonds. The Hall–Kier alpha value is -0.210. The normalized spacial score (nSPS) is 27.1. The number of epoxide rings is 2. The first-order chi connectivity index (χ1) is 8.16. The molecule has 6 nitrogen and oxygen atoms in total. The van der Waals surface area contributed by atoms with Crippen LogP contribution in [0.3, 0.4) is 0 Å². The van der Waals surface area contributed by atoms with Crippen molar-refractivity contribution in [1.82, 2.24) is 0 Å². The van der Waals surface area contributed by atoms with Gasteiger partial charge in [-0.1, -0.05) is 0 Å². The first-order valence-corrected chi connectivity index (χ1v) is 7.57. The fourth-order valence-electron chi connectivity index (χ4n) is 1.23. The predicted octanol–water partition coefficient (Wildman–Crippen LogP) is -0.768. The molecule has 2 aliphatic rings. The van der Waals surface area contributed by atoms with Gasteiger partial charge < -0.3 is 18.9 Å². The fraction of sp³-hybridized carbons (Fsp3) is 1.00. The second-order valence-corrected chi connectivity index (χ2v) is 6.52. The van der Waals surface area contributed by atoms with Gasteiger partial charge in [-0.15, -0.1) is 0 Å². The molecule has 100 valence electrons. The van der Waals surface area contributed by atoms with Crippen molar-refractivity contribution in [3.05, 3.63) is 0 Å². The number of hydrogen-bond acceptors (Lipinski definition) is 6. The lowest BCUT2D eigenvalue weighted by Gasteiger charge is -2.05. The van der Waals surface area contributed by atoms with Gasteiger partial charge >= 0.3 is 0 Å². The van der Waals surface area contributed by atoms with E-state index < -0.39 is 9.84 Å². The summed E-state index contributed by atoms with van der Waals surface area (Å²) in [5.74, 6) is 0.0893. The van der Waals surface area contributed by atoms with Gasteiger partial charge in [-0.25, -0.2) is 8.42 Å². The lowest BCUT2D eigenvalue weighted by molar-refractivity contribution is 0.126. The Kier molecular flexibility index (Phi) is 4.75. The van der Waals surface area contributed by atoms with Crippen LogP contribution in [0.25, 0.3) is 0 Å². The minimum absolute atomic E-state index is 0.0447. The maximum Gasteiger partial charge on any atom is 0.154 e. The second-order valence-electron chi connectivity index (χ2n) is 4.21. The molecule has 0 radical (unpaired) electrons. The minimum atomic E-state index is -3.07. The zero-order chi connectivity index (χ0) is 12.1. The highest BCUT2D eigenvalue weighted by molar-refractivity contribution is 7.91. The largest absolute Gasteiger partial charge is 0.378 e. The van der Waals surface area contributed by atoms with Crippen LogP contribution in [0.4, 0.5) is 0 Å². The van der Waals surface area contributed by atoms with E-state index in [1.165, 1.54) is 0 Å². The smallest absolute Gasteiger partial charge is 0.154 e. The van der Waals surface area contributed by atoms with E-state index in [0.29, 0.717) is 13.2 Å². The fourth-order valence-corrected chi connectivity index (χ4v) is 2.18. The highest BCUT2D eigenvalue weighted by Crippen LogP contribution is 2.09. The van der Waals surface area contributed by atoms with E-state index in [9.17, 15) is 8.42 Å².